The molecule has 28 heavy (non-hydrogen) atoms. The number of benzene rings is 3. The van der Waals surface area contributed by atoms with E-state index in [-0.39, 0.29) is 0 Å². The first kappa shape index (κ1) is 20.7. The molecule has 146 valence electrons. The molecule has 0 aromatic heterocycles. The second-order valence-electron chi connectivity index (χ2n) is 6.37. The maximum Gasteiger partial charge on any atom is 0.124 e. The SMILES string of the molecule is COc1ccccc1CCNCc1cc(Br)ccc1OCc1ccccc1Cl. The van der Waals surface area contributed by atoms with Gasteiger partial charge in [-0.2, -0.15) is 0 Å². The van der Waals surface area contributed by atoms with Gasteiger partial charge >= 0.3 is 0 Å². The van der Waals surface area contributed by atoms with Gasteiger partial charge in [0.25, 0.3) is 0 Å². The molecular formula is C23H23BrClNO2. The summed E-state index contributed by atoms with van der Waals surface area (Å²) in [6.45, 7) is 2.00. The maximum atomic E-state index is 6.23. The number of hydrogen-bond donors (Lipinski definition) is 1. The van der Waals surface area contributed by atoms with E-state index in [4.69, 9.17) is 21.1 Å². The maximum absolute atomic E-state index is 6.23. The summed E-state index contributed by atoms with van der Waals surface area (Å²) in [5.74, 6) is 1.78. The third-order valence-corrected chi connectivity index (χ3v) is 5.30. The lowest BCUT2D eigenvalue weighted by Gasteiger charge is -2.14. The van der Waals surface area contributed by atoms with Gasteiger partial charge in [0.05, 0.1) is 7.11 Å². The largest absolute Gasteiger partial charge is 0.496 e. The Bertz CT molecular complexity index is 917. The molecular weight excluding hydrogens is 438 g/mol. The van der Waals surface area contributed by atoms with Gasteiger partial charge in [-0.25, -0.2) is 0 Å². The van der Waals surface area contributed by atoms with Gasteiger partial charge in [-0.05, 0) is 48.9 Å². The van der Waals surface area contributed by atoms with Crippen molar-refractivity contribution in [2.75, 3.05) is 13.7 Å². The highest BCUT2D eigenvalue weighted by Crippen LogP contribution is 2.25. The Balaban J connectivity index is 1.59. The average molecular weight is 461 g/mol. The summed E-state index contributed by atoms with van der Waals surface area (Å²) in [5, 5.41) is 4.21. The molecule has 0 amide bonds. The van der Waals surface area contributed by atoms with Crippen molar-refractivity contribution in [3.05, 3.63) is 92.9 Å². The zero-order valence-electron chi connectivity index (χ0n) is 15.8. The fourth-order valence-corrected chi connectivity index (χ4v) is 3.55. The van der Waals surface area contributed by atoms with Gasteiger partial charge in [0, 0.05) is 27.2 Å². The van der Waals surface area contributed by atoms with Crippen molar-refractivity contribution in [2.24, 2.45) is 0 Å². The van der Waals surface area contributed by atoms with Gasteiger partial charge in [-0.3, -0.25) is 0 Å². The number of halogens is 2. The molecule has 3 aromatic rings. The van der Waals surface area contributed by atoms with Gasteiger partial charge in [0.15, 0.2) is 0 Å². The van der Waals surface area contributed by atoms with Gasteiger partial charge < -0.3 is 14.8 Å². The summed E-state index contributed by atoms with van der Waals surface area (Å²) in [6, 6.07) is 21.9. The van der Waals surface area contributed by atoms with Crippen LogP contribution in [0.15, 0.2) is 71.2 Å². The summed E-state index contributed by atoms with van der Waals surface area (Å²) in [4.78, 5) is 0. The van der Waals surface area contributed by atoms with Crippen LogP contribution in [-0.2, 0) is 19.6 Å². The van der Waals surface area contributed by atoms with Crippen molar-refractivity contribution >= 4 is 27.5 Å². The van der Waals surface area contributed by atoms with E-state index in [0.717, 1.165) is 45.1 Å². The number of rotatable bonds is 9. The second-order valence-corrected chi connectivity index (χ2v) is 7.69. The minimum atomic E-state index is 0.440. The first-order valence-electron chi connectivity index (χ1n) is 9.14. The fourth-order valence-electron chi connectivity index (χ4n) is 2.95. The van der Waals surface area contributed by atoms with Crippen LogP contribution in [0.5, 0.6) is 11.5 Å². The minimum absolute atomic E-state index is 0.440. The van der Waals surface area contributed by atoms with Crippen molar-refractivity contribution < 1.29 is 9.47 Å². The molecule has 3 aromatic carbocycles. The lowest BCUT2D eigenvalue weighted by molar-refractivity contribution is 0.302. The predicted molar refractivity (Wildman–Crippen MR) is 118 cm³/mol. The highest BCUT2D eigenvalue weighted by atomic mass is 79.9. The highest BCUT2D eigenvalue weighted by Gasteiger charge is 2.07. The quantitative estimate of drug-likeness (QED) is 0.396. The van der Waals surface area contributed by atoms with Crippen LogP contribution < -0.4 is 14.8 Å². The monoisotopic (exact) mass is 459 g/mol. The lowest BCUT2D eigenvalue weighted by Crippen LogP contribution is -2.17. The van der Waals surface area contributed by atoms with E-state index in [9.17, 15) is 0 Å². The summed E-state index contributed by atoms with van der Waals surface area (Å²) in [6.07, 6.45) is 0.897. The van der Waals surface area contributed by atoms with E-state index >= 15 is 0 Å². The van der Waals surface area contributed by atoms with E-state index < -0.39 is 0 Å². The zero-order chi connectivity index (χ0) is 19.8. The Morgan fingerprint density at radius 2 is 1.64 bits per heavy atom. The third-order valence-electron chi connectivity index (χ3n) is 4.44. The van der Waals surface area contributed by atoms with E-state index in [2.05, 4.69) is 33.4 Å². The van der Waals surface area contributed by atoms with E-state index in [1.54, 1.807) is 7.11 Å². The normalized spacial score (nSPS) is 10.7. The molecule has 0 unspecified atom stereocenters. The molecule has 0 fully saturated rings. The molecule has 0 spiro atoms. The minimum Gasteiger partial charge on any atom is -0.496 e. The van der Waals surface area contributed by atoms with Crippen molar-refractivity contribution in [3.8, 4) is 11.5 Å². The summed E-state index contributed by atoms with van der Waals surface area (Å²) >= 11 is 9.78. The molecule has 3 rings (SSSR count). The van der Waals surface area contributed by atoms with Crippen LogP contribution in [-0.4, -0.2) is 13.7 Å². The third kappa shape index (κ3) is 5.74. The number of methoxy groups -OCH3 is 1. The molecule has 0 saturated carbocycles. The first-order valence-corrected chi connectivity index (χ1v) is 10.3. The van der Waals surface area contributed by atoms with Crippen molar-refractivity contribution in [2.45, 2.75) is 19.6 Å². The van der Waals surface area contributed by atoms with Gasteiger partial charge in [0.2, 0.25) is 0 Å². The molecule has 0 aliphatic heterocycles. The van der Waals surface area contributed by atoms with Crippen molar-refractivity contribution in [1.29, 1.82) is 0 Å². The number of hydrogen-bond acceptors (Lipinski definition) is 3. The Morgan fingerprint density at radius 3 is 2.43 bits per heavy atom. The Labute approximate surface area is 179 Å². The van der Waals surface area contributed by atoms with E-state index in [1.807, 2.05) is 54.6 Å². The molecule has 5 heteroatoms. The summed E-state index contributed by atoms with van der Waals surface area (Å²) in [7, 11) is 1.70. The predicted octanol–water partition coefficient (Wildman–Crippen LogP) is 6.02. The van der Waals surface area contributed by atoms with Gasteiger partial charge in [-0.1, -0.05) is 63.9 Å². The fraction of sp³-hybridized carbons (Fsp3) is 0.217. The second kappa shape index (κ2) is 10.5. The highest BCUT2D eigenvalue weighted by molar-refractivity contribution is 9.10. The Morgan fingerprint density at radius 1 is 0.893 bits per heavy atom. The zero-order valence-corrected chi connectivity index (χ0v) is 18.1. The topological polar surface area (TPSA) is 30.5 Å². The molecule has 0 atom stereocenters. The number of nitrogens with one attached hydrogen (secondary N) is 1. The first-order chi connectivity index (χ1) is 13.7. The van der Waals surface area contributed by atoms with Crippen molar-refractivity contribution in [1.82, 2.24) is 5.32 Å². The van der Waals surface area contributed by atoms with Crippen LogP contribution in [0, 0.1) is 0 Å². The lowest BCUT2D eigenvalue weighted by atomic mass is 10.1. The summed E-state index contributed by atoms with van der Waals surface area (Å²) in [5.41, 5.74) is 3.27. The standard InChI is InChI=1S/C23H23BrClNO2/c1-27-22-9-5-3-6-17(22)12-13-26-15-19-14-20(24)10-11-23(19)28-16-18-7-2-4-8-21(18)25/h2-11,14,26H,12-13,15-16H2,1H3. The van der Waals surface area contributed by atoms with Crippen LogP contribution in [0.4, 0.5) is 0 Å². The number of para-hydroxylation sites is 1. The molecule has 0 aliphatic rings. The molecule has 0 radical (unpaired) electrons. The molecule has 0 saturated heterocycles. The van der Waals surface area contributed by atoms with Gasteiger partial charge in [0.1, 0.15) is 18.1 Å². The smallest absolute Gasteiger partial charge is 0.124 e. The summed E-state index contributed by atoms with van der Waals surface area (Å²) < 4.78 is 12.5. The molecule has 1 N–H and O–H groups in total. The molecule has 0 heterocycles. The van der Waals surface area contributed by atoms with Crippen LogP contribution in [0.3, 0.4) is 0 Å². The number of ether oxygens (including phenoxy) is 2. The van der Waals surface area contributed by atoms with Crippen LogP contribution in [0.1, 0.15) is 16.7 Å². The Hall–Kier alpha value is -2.01. The van der Waals surface area contributed by atoms with Crippen LogP contribution in [0.25, 0.3) is 0 Å². The Kier molecular flexibility index (Phi) is 7.78. The van der Waals surface area contributed by atoms with E-state index in [0.29, 0.717) is 13.2 Å². The van der Waals surface area contributed by atoms with Crippen LogP contribution in [0.2, 0.25) is 5.02 Å². The molecule has 3 nitrogen and oxygen atoms in total. The van der Waals surface area contributed by atoms with E-state index in [1.165, 1.54) is 5.56 Å². The van der Waals surface area contributed by atoms with Crippen LogP contribution >= 0.6 is 27.5 Å². The molecule has 0 aliphatic carbocycles. The molecule has 0 bridgehead atoms. The van der Waals surface area contributed by atoms with Crippen molar-refractivity contribution in [3.63, 3.8) is 0 Å². The van der Waals surface area contributed by atoms with Gasteiger partial charge in [-0.15, -0.1) is 0 Å². The average Bonchev–Trinajstić information content (AvgIpc) is 2.72.